The summed E-state index contributed by atoms with van der Waals surface area (Å²) in [5.41, 5.74) is 0.816. The number of hydrogen-bond donors (Lipinski definition) is 1. The Balaban J connectivity index is 2.36. The molecule has 1 aromatic carbocycles. The number of halogens is 1. The van der Waals surface area contributed by atoms with Gasteiger partial charge in [-0.25, -0.2) is 0 Å². The van der Waals surface area contributed by atoms with E-state index in [2.05, 4.69) is 15.9 Å². The van der Waals surface area contributed by atoms with Gasteiger partial charge in [-0.1, -0.05) is 35.0 Å². The standard InChI is InChI=1S/C13H17BrO3/c1-2-9-17-13(16)8-7-12(15)10-3-5-11(14)6-4-10/h3-6,12,15H,2,7-9H2,1H3. The van der Waals surface area contributed by atoms with Crippen molar-refractivity contribution in [3.05, 3.63) is 34.3 Å². The van der Waals surface area contributed by atoms with Gasteiger partial charge in [-0.15, -0.1) is 0 Å². The predicted molar refractivity (Wildman–Crippen MR) is 69.6 cm³/mol. The molecule has 3 nitrogen and oxygen atoms in total. The Morgan fingerprint density at radius 2 is 2.06 bits per heavy atom. The zero-order chi connectivity index (χ0) is 12.7. The Kier molecular flexibility index (Phi) is 6.22. The Morgan fingerprint density at radius 1 is 1.41 bits per heavy atom. The van der Waals surface area contributed by atoms with Crippen molar-refractivity contribution in [1.29, 1.82) is 0 Å². The molecule has 94 valence electrons. The van der Waals surface area contributed by atoms with Crippen LogP contribution in [0.1, 0.15) is 37.9 Å². The molecule has 0 bridgehead atoms. The molecule has 0 heterocycles. The summed E-state index contributed by atoms with van der Waals surface area (Å²) in [4.78, 5) is 11.3. The lowest BCUT2D eigenvalue weighted by Gasteiger charge is -2.10. The van der Waals surface area contributed by atoms with Crippen molar-refractivity contribution < 1.29 is 14.6 Å². The van der Waals surface area contributed by atoms with Gasteiger partial charge in [0, 0.05) is 10.9 Å². The highest BCUT2D eigenvalue weighted by atomic mass is 79.9. The highest BCUT2D eigenvalue weighted by Gasteiger charge is 2.10. The number of carbonyl (C=O) groups excluding carboxylic acids is 1. The van der Waals surface area contributed by atoms with Crippen LogP contribution in [-0.4, -0.2) is 17.7 Å². The van der Waals surface area contributed by atoms with E-state index in [0.29, 0.717) is 13.0 Å². The molecule has 0 fully saturated rings. The summed E-state index contributed by atoms with van der Waals surface area (Å²) in [5.74, 6) is -0.247. The summed E-state index contributed by atoms with van der Waals surface area (Å²) in [7, 11) is 0. The second-order valence-corrected chi connectivity index (χ2v) is 4.74. The molecule has 0 radical (unpaired) electrons. The molecule has 0 saturated heterocycles. The minimum Gasteiger partial charge on any atom is -0.466 e. The third-order valence-corrected chi connectivity index (χ3v) is 2.87. The summed E-state index contributed by atoms with van der Waals surface area (Å²) in [6.07, 6.45) is 0.847. The Labute approximate surface area is 110 Å². The maximum atomic E-state index is 11.3. The van der Waals surface area contributed by atoms with E-state index in [1.165, 1.54) is 0 Å². The highest BCUT2D eigenvalue weighted by Crippen LogP contribution is 2.20. The zero-order valence-electron chi connectivity index (χ0n) is 9.86. The van der Waals surface area contributed by atoms with Crippen molar-refractivity contribution in [2.75, 3.05) is 6.61 Å². The molecule has 4 heteroatoms. The van der Waals surface area contributed by atoms with Crippen LogP contribution in [0, 0.1) is 0 Å². The number of benzene rings is 1. The van der Waals surface area contributed by atoms with Crippen molar-refractivity contribution in [3.63, 3.8) is 0 Å². The number of hydrogen-bond acceptors (Lipinski definition) is 3. The monoisotopic (exact) mass is 300 g/mol. The van der Waals surface area contributed by atoms with Gasteiger partial charge in [-0.3, -0.25) is 4.79 Å². The normalized spacial score (nSPS) is 12.2. The number of ether oxygens (including phenoxy) is 1. The van der Waals surface area contributed by atoms with E-state index in [9.17, 15) is 9.90 Å². The molecule has 1 atom stereocenters. The minimum absolute atomic E-state index is 0.247. The van der Waals surface area contributed by atoms with Crippen molar-refractivity contribution in [1.82, 2.24) is 0 Å². The van der Waals surface area contributed by atoms with E-state index in [-0.39, 0.29) is 12.4 Å². The van der Waals surface area contributed by atoms with Gasteiger partial charge in [0.2, 0.25) is 0 Å². The molecule has 0 amide bonds. The van der Waals surface area contributed by atoms with Gasteiger partial charge in [0.15, 0.2) is 0 Å². The molecule has 1 N–H and O–H groups in total. The molecule has 1 aromatic rings. The predicted octanol–water partition coefficient (Wildman–Crippen LogP) is 3.22. The van der Waals surface area contributed by atoms with Crippen LogP contribution in [0.25, 0.3) is 0 Å². The average molecular weight is 301 g/mol. The molecule has 0 spiro atoms. The van der Waals surface area contributed by atoms with E-state index < -0.39 is 6.10 Å². The van der Waals surface area contributed by atoms with Crippen LogP contribution in [0.4, 0.5) is 0 Å². The smallest absolute Gasteiger partial charge is 0.305 e. The van der Waals surface area contributed by atoms with Crippen molar-refractivity contribution in [2.45, 2.75) is 32.3 Å². The first-order valence-electron chi connectivity index (χ1n) is 5.72. The van der Waals surface area contributed by atoms with E-state index in [1.54, 1.807) is 0 Å². The molecule has 0 aliphatic carbocycles. The molecule has 0 aliphatic rings. The molecule has 17 heavy (non-hydrogen) atoms. The lowest BCUT2D eigenvalue weighted by atomic mass is 10.1. The maximum absolute atomic E-state index is 11.3. The van der Waals surface area contributed by atoms with Gasteiger partial charge in [0.25, 0.3) is 0 Å². The van der Waals surface area contributed by atoms with Gasteiger partial charge in [-0.05, 0) is 30.5 Å². The number of aliphatic hydroxyl groups is 1. The van der Waals surface area contributed by atoms with Gasteiger partial charge < -0.3 is 9.84 Å². The fourth-order valence-electron chi connectivity index (χ4n) is 1.39. The highest BCUT2D eigenvalue weighted by molar-refractivity contribution is 9.10. The SMILES string of the molecule is CCCOC(=O)CCC(O)c1ccc(Br)cc1. The average Bonchev–Trinajstić information content (AvgIpc) is 2.34. The topological polar surface area (TPSA) is 46.5 Å². The van der Waals surface area contributed by atoms with Crippen LogP contribution in [0.5, 0.6) is 0 Å². The maximum Gasteiger partial charge on any atom is 0.305 e. The number of aliphatic hydroxyl groups excluding tert-OH is 1. The second kappa shape index (κ2) is 7.45. The van der Waals surface area contributed by atoms with Crippen LogP contribution < -0.4 is 0 Å². The van der Waals surface area contributed by atoms with Crippen LogP contribution in [0.3, 0.4) is 0 Å². The summed E-state index contributed by atoms with van der Waals surface area (Å²) in [6, 6.07) is 7.42. The van der Waals surface area contributed by atoms with Crippen LogP contribution in [-0.2, 0) is 9.53 Å². The lowest BCUT2D eigenvalue weighted by Crippen LogP contribution is -2.07. The molecule has 0 saturated carbocycles. The van der Waals surface area contributed by atoms with Crippen molar-refractivity contribution in [3.8, 4) is 0 Å². The van der Waals surface area contributed by atoms with Crippen molar-refractivity contribution in [2.24, 2.45) is 0 Å². The summed E-state index contributed by atoms with van der Waals surface area (Å²) < 4.78 is 5.91. The summed E-state index contributed by atoms with van der Waals surface area (Å²) >= 11 is 3.33. The summed E-state index contributed by atoms with van der Waals surface area (Å²) in [6.45, 7) is 2.40. The molecule has 0 aliphatic heterocycles. The molecule has 0 aromatic heterocycles. The van der Waals surface area contributed by atoms with Gasteiger partial charge in [0.05, 0.1) is 12.7 Å². The van der Waals surface area contributed by atoms with Crippen LogP contribution in [0.15, 0.2) is 28.7 Å². The van der Waals surface area contributed by atoms with Gasteiger partial charge in [-0.2, -0.15) is 0 Å². The zero-order valence-corrected chi connectivity index (χ0v) is 11.4. The minimum atomic E-state index is -0.614. The quantitative estimate of drug-likeness (QED) is 0.821. The van der Waals surface area contributed by atoms with E-state index in [1.807, 2.05) is 31.2 Å². The third-order valence-electron chi connectivity index (χ3n) is 2.34. The number of carbonyl (C=O) groups is 1. The number of rotatable bonds is 6. The first-order valence-corrected chi connectivity index (χ1v) is 6.52. The first kappa shape index (κ1) is 14.2. The largest absolute Gasteiger partial charge is 0.466 e. The molecular weight excluding hydrogens is 284 g/mol. The van der Waals surface area contributed by atoms with Crippen LogP contribution in [0.2, 0.25) is 0 Å². The van der Waals surface area contributed by atoms with Gasteiger partial charge in [0.1, 0.15) is 0 Å². The Bertz CT molecular complexity index is 348. The Hall–Kier alpha value is -0.870. The summed E-state index contributed by atoms with van der Waals surface area (Å²) in [5, 5.41) is 9.86. The van der Waals surface area contributed by atoms with E-state index in [4.69, 9.17) is 4.74 Å². The van der Waals surface area contributed by atoms with Crippen molar-refractivity contribution >= 4 is 21.9 Å². The molecular formula is C13H17BrO3. The third kappa shape index (κ3) is 5.33. The van der Waals surface area contributed by atoms with Crippen LogP contribution >= 0.6 is 15.9 Å². The van der Waals surface area contributed by atoms with E-state index >= 15 is 0 Å². The van der Waals surface area contributed by atoms with E-state index in [0.717, 1.165) is 16.5 Å². The first-order chi connectivity index (χ1) is 8.13. The van der Waals surface area contributed by atoms with Gasteiger partial charge >= 0.3 is 5.97 Å². The molecule has 1 unspecified atom stereocenters. The molecule has 1 rings (SSSR count). The fourth-order valence-corrected chi connectivity index (χ4v) is 1.66. The Morgan fingerprint density at radius 3 is 2.65 bits per heavy atom. The fraction of sp³-hybridized carbons (Fsp3) is 0.462. The second-order valence-electron chi connectivity index (χ2n) is 3.83. The number of esters is 1. The lowest BCUT2D eigenvalue weighted by molar-refractivity contribution is -0.144.